The van der Waals surface area contributed by atoms with Gasteiger partial charge in [-0.15, -0.1) is 0 Å². The number of anilines is 1. The Morgan fingerprint density at radius 2 is 2.22 bits per heavy atom. The van der Waals surface area contributed by atoms with E-state index in [9.17, 15) is 4.79 Å². The Morgan fingerprint density at radius 1 is 1.39 bits per heavy atom. The summed E-state index contributed by atoms with van der Waals surface area (Å²) in [6.45, 7) is 0.526. The van der Waals surface area contributed by atoms with Crippen molar-refractivity contribution in [3.05, 3.63) is 51.2 Å². The lowest BCUT2D eigenvalue weighted by Crippen LogP contribution is -2.23. The van der Waals surface area contributed by atoms with Gasteiger partial charge >= 0.3 is 0 Å². The highest BCUT2D eigenvalue weighted by Gasteiger charge is 2.11. The molecule has 0 saturated heterocycles. The summed E-state index contributed by atoms with van der Waals surface area (Å²) in [7, 11) is 1.78. The standard InChI is InChI=1S/C13H13ClN2OS/c1-15-12-3-2-10(14)6-11(12)13(17)16-7-9-4-5-18-8-9/h2-6,8,15H,7H2,1H3,(H,16,17). The van der Waals surface area contributed by atoms with Gasteiger partial charge in [-0.3, -0.25) is 4.79 Å². The summed E-state index contributed by atoms with van der Waals surface area (Å²) < 4.78 is 0. The molecule has 2 aromatic rings. The van der Waals surface area contributed by atoms with Gasteiger partial charge in [0, 0.05) is 24.3 Å². The van der Waals surface area contributed by atoms with Crippen LogP contribution in [0.15, 0.2) is 35.0 Å². The summed E-state index contributed by atoms with van der Waals surface area (Å²) in [6.07, 6.45) is 0. The SMILES string of the molecule is CNc1ccc(Cl)cc1C(=O)NCc1ccsc1. The Morgan fingerprint density at radius 3 is 2.89 bits per heavy atom. The molecule has 1 amide bonds. The van der Waals surface area contributed by atoms with Crippen LogP contribution in [0.4, 0.5) is 5.69 Å². The van der Waals surface area contributed by atoms with Gasteiger partial charge in [0.1, 0.15) is 0 Å². The van der Waals surface area contributed by atoms with E-state index in [0.29, 0.717) is 17.1 Å². The lowest BCUT2D eigenvalue weighted by molar-refractivity contribution is 0.0952. The summed E-state index contributed by atoms with van der Waals surface area (Å²) in [5.41, 5.74) is 2.42. The quantitative estimate of drug-likeness (QED) is 0.901. The summed E-state index contributed by atoms with van der Waals surface area (Å²) >= 11 is 7.52. The fourth-order valence-electron chi connectivity index (χ4n) is 1.59. The molecule has 0 radical (unpaired) electrons. The fourth-order valence-corrected chi connectivity index (χ4v) is 2.43. The van der Waals surface area contributed by atoms with E-state index in [1.54, 1.807) is 36.6 Å². The van der Waals surface area contributed by atoms with Crippen molar-refractivity contribution < 1.29 is 4.79 Å². The van der Waals surface area contributed by atoms with Crippen molar-refractivity contribution in [3.63, 3.8) is 0 Å². The Hall–Kier alpha value is -1.52. The van der Waals surface area contributed by atoms with Crippen molar-refractivity contribution in [3.8, 4) is 0 Å². The Labute approximate surface area is 115 Å². The molecule has 18 heavy (non-hydrogen) atoms. The number of carbonyl (C=O) groups excluding carboxylic acids is 1. The third kappa shape index (κ3) is 3.03. The van der Waals surface area contributed by atoms with Crippen LogP contribution >= 0.6 is 22.9 Å². The second-order valence-corrected chi connectivity index (χ2v) is 4.97. The zero-order valence-corrected chi connectivity index (χ0v) is 11.4. The first kappa shape index (κ1) is 12.9. The summed E-state index contributed by atoms with van der Waals surface area (Å²) in [5, 5.41) is 10.4. The van der Waals surface area contributed by atoms with Crippen LogP contribution in [0.2, 0.25) is 5.02 Å². The Balaban J connectivity index is 2.10. The van der Waals surface area contributed by atoms with E-state index >= 15 is 0 Å². The predicted molar refractivity (Wildman–Crippen MR) is 76.5 cm³/mol. The van der Waals surface area contributed by atoms with Gasteiger partial charge in [0.05, 0.1) is 5.56 Å². The maximum atomic E-state index is 12.1. The topological polar surface area (TPSA) is 41.1 Å². The maximum absolute atomic E-state index is 12.1. The maximum Gasteiger partial charge on any atom is 0.253 e. The van der Waals surface area contributed by atoms with Gasteiger partial charge in [-0.1, -0.05) is 11.6 Å². The molecule has 1 heterocycles. The molecule has 2 rings (SSSR count). The summed E-state index contributed by atoms with van der Waals surface area (Å²) in [6, 6.07) is 7.20. The zero-order valence-electron chi connectivity index (χ0n) is 9.87. The molecule has 0 atom stereocenters. The smallest absolute Gasteiger partial charge is 0.253 e. The van der Waals surface area contributed by atoms with Gasteiger partial charge in [-0.2, -0.15) is 11.3 Å². The molecule has 0 unspecified atom stereocenters. The van der Waals surface area contributed by atoms with Crippen molar-refractivity contribution in [2.75, 3.05) is 12.4 Å². The number of rotatable bonds is 4. The van der Waals surface area contributed by atoms with Gasteiger partial charge in [0.2, 0.25) is 0 Å². The van der Waals surface area contributed by atoms with Gasteiger partial charge in [-0.05, 0) is 40.6 Å². The highest BCUT2D eigenvalue weighted by atomic mass is 35.5. The molecule has 0 aliphatic carbocycles. The molecule has 5 heteroatoms. The molecule has 1 aromatic carbocycles. The van der Waals surface area contributed by atoms with E-state index < -0.39 is 0 Å². The lowest BCUT2D eigenvalue weighted by atomic mass is 10.1. The van der Waals surface area contributed by atoms with E-state index in [4.69, 9.17) is 11.6 Å². The number of benzene rings is 1. The largest absolute Gasteiger partial charge is 0.387 e. The van der Waals surface area contributed by atoms with E-state index in [2.05, 4.69) is 10.6 Å². The molecule has 1 aromatic heterocycles. The average Bonchev–Trinajstić information content (AvgIpc) is 2.89. The molecule has 0 spiro atoms. The van der Waals surface area contributed by atoms with Crippen molar-refractivity contribution in [2.45, 2.75) is 6.54 Å². The molecule has 94 valence electrons. The van der Waals surface area contributed by atoms with Crippen LogP contribution in [-0.4, -0.2) is 13.0 Å². The Bertz CT molecular complexity index is 540. The number of hydrogen-bond acceptors (Lipinski definition) is 3. The third-order valence-electron chi connectivity index (χ3n) is 2.53. The highest BCUT2D eigenvalue weighted by Crippen LogP contribution is 2.20. The molecular weight excluding hydrogens is 268 g/mol. The molecule has 0 bridgehead atoms. The van der Waals surface area contributed by atoms with Gasteiger partial charge in [-0.25, -0.2) is 0 Å². The molecule has 3 nitrogen and oxygen atoms in total. The first-order valence-electron chi connectivity index (χ1n) is 5.47. The van der Waals surface area contributed by atoms with E-state index in [-0.39, 0.29) is 5.91 Å². The zero-order chi connectivity index (χ0) is 13.0. The molecule has 0 aliphatic rings. The number of hydrogen-bond donors (Lipinski definition) is 2. The second-order valence-electron chi connectivity index (χ2n) is 3.75. The van der Waals surface area contributed by atoms with E-state index in [1.807, 2.05) is 16.8 Å². The number of halogens is 1. The highest BCUT2D eigenvalue weighted by molar-refractivity contribution is 7.07. The van der Waals surface area contributed by atoms with Crippen LogP contribution in [-0.2, 0) is 6.54 Å². The second kappa shape index (κ2) is 5.89. The molecule has 2 N–H and O–H groups in total. The number of amides is 1. The molecule has 0 fully saturated rings. The first-order chi connectivity index (χ1) is 8.70. The third-order valence-corrected chi connectivity index (χ3v) is 3.50. The minimum Gasteiger partial charge on any atom is -0.387 e. The van der Waals surface area contributed by atoms with Crippen molar-refractivity contribution in [1.29, 1.82) is 0 Å². The fraction of sp³-hybridized carbons (Fsp3) is 0.154. The number of carbonyl (C=O) groups is 1. The molecule has 0 saturated carbocycles. The Kier molecular flexibility index (Phi) is 4.23. The van der Waals surface area contributed by atoms with Gasteiger partial charge in [0.15, 0.2) is 0 Å². The van der Waals surface area contributed by atoms with Crippen molar-refractivity contribution in [1.82, 2.24) is 5.32 Å². The number of nitrogens with one attached hydrogen (secondary N) is 2. The van der Waals surface area contributed by atoms with Crippen molar-refractivity contribution in [2.24, 2.45) is 0 Å². The van der Waals surface area contributed by atoms with Gasteiger partial charge < -0.3 is 10.6 Å². The van der Waals surface area contributed by atoms with E-state index in [1.165, 1.54) is 0 Å². The van der Waals surface area contributed by atoms with Crippen LogP contribution in [0, 0.1) is 0 Å². The minimum atomic E-state index is -0.131. The van der Waals surface area contributed by atoms with Crippen LogP contribution in [0.5, 0.6) is 0 Å². The van der Waals surface area contributed by atoms with Crippen LogP contribution < -0.4 is 10.6 Å². The summed E-state index contributed by atoms with van der Waals surface area (Å²) in [5.74, 6) is -0.131. The van der Waals surface area contributed by atoms with Crippen molar-refractivity contribution >= 4 is 34.5 Å². The molecular formula is C13H13ClN2OS. The van der Waals surface area contributed by atoms with E-state index in [0.717, 1.165) is 11.3 Å². The first-order valence-corrected chi connectivity index (χ1v) is 6.79. The average molecular weight is 281 g/mol. The minimum absolute atomic E-state index is 0.131. The molecule has 0 aliphatic heterocycles. The lowest BCUT2D eigenvalue weighted by Gasteiger charge is -2.09. The predicted octanol–water partition coefficient (Wildman–Crippen LogP) is 3.37. The normalized spacial score (nSPS) is 10.1. The monoisotopic (exact) mass is 280 g/mol. The van der Waals surface area contributed by atoms with Crippen LogP contribution in [0.3, 0.4) is 0 Å². The number of thiophene rings is 1. The summed E-state index contributed by atoms with van der Waals surface area (Å²) in [4.78, 5) is 12.1. The van der Waals surface area contributed by atoms with Crippen LogP contribution in [0.1, 0.15) is 15.9 Å². The van der Waals surface area contributed by atoms with Crippen LogP contribution in [0.25, 0.3) is 0 Å². The van der Waals surface area contributed by atoms with Gasteiger partial charge in [0.25, 0.3) is 5.91 Å².